The third-order valence-electron chi connectivity index (χ3n) is 1.82. The number of hydrogen-bond donors (Lipinski definition) is 1. The average molecular weight is 219 g/mol. The third-order valence-corrected chi connectivity index (χ3v) is 1.82. The Morgan fingerprint density at radius 1 is 1.33 bits per heavy atom. The number of hydrogen-bond acceptors (Lipinski definition) is 1. The highest BCUT2D eigenvalue weighted by molar-refractivity contribution is 5.90. The Hall–Kier alpha value is -1.52. The molecule has 1 amide bonds. The molecular weight excluding hydrogens is 207 g/mol. The summed E-state index contributed by atoms with van der Waals surface area (Å²) in [6, 6.07) is 4.34. The summed E-state index contributed by atoms with van der Waals surface area (Å²) in [6.07, 6.45) is -4.05. The predicted octanol–water partition coefficient (Wildman–Crippen LogP) is 3.30. The molecule has 2 nitrogen and oxygen atoms in total. The first-order valence-electron chi connectivity index (χ1n) is 4.40. The monoisotopic (exact) mass is 219 g/mol. The van der Waals surface area contributed by atoms with Crippen molar-refractivity contribution in [3.63, 3.8) is 0 Å². The van der Waals surface area contributed by atoms with Gasteiger partial charge in [0.1, 0.15) is 0 Å². The van der Waals surface area contributed by atoms with Crippen LogP contribution >= 0.6 is 0 Å². The largest absolute Gasteiger partial charge is 0.416 e. The molecule has 1 N–H and O–H groups in total. The van der Waals surface area contributed by atoms with Gasteiger partial charge in [0.2, 0.25) is 5.91 Å². The van der Waals surface area contributed by atoms with E-state index >= 15 is 0 Å². The minimum absolute atomic E-state index is 0. The molecule has 1 aromatic carbocycles. The standard InChI is InChI=1S/C10H10F3NO.H2/c1-2-9(15)14-8-5-3-7(4-6-8)10(11,12)13;/h3-6H,2H2,1H3,(H,14,15);1H. The van der Waals surface area contributed by atoms with Crippen LogP contribution in [0.1, 0.15) is 20.3 Å². The summed E-state index contributed by atoms with van der Waals surface area (Å²) in [7, 11) is 0. The highest BCUT2D eigenvalue weighted by Crippen LogP contribution is 2.29. The van der Waals surface area contributed by atoms with Gasteiger partial charge >= 0.3 is 6.18 Å². The summed E-state index contributed by atoms with van der Waals surface area (Å²) in [6.45, 7) is 1.67. The van der Waals surface area contributed by atoms with Gasteiger partial charge in [0.15, 0.2) is 0 Å². The molecular formula is C10H12F3NO. The lowest BCUT2D eigenvalue weighted by molar-refractivity contribution is -0.137. The zero-order chi connectivity index (χ0) is 11.5. The van der Waals surface area contributed by atoms with Gasteiger partial charge in [0, 0.05) is 13.5 Å². The van der Waals surface area contributed by atoms with Crippen molar-refractivity contribution in [2.24, 2.45) is 0 Å². The van der Waals surface area contributed by atoms with E-state index in [1.54, 1.807) is 6.92 Å². The van der Waals surface area contributed by atoms with Crippen LogP contribution in [0, 0.1) is 0 Å². The molecule has 84 valence electrons. The van der Waals surface area contributed by atoms with Crippen molar-refractivity contribution < 1.29 is 19.4 Å². The molecule has 0 spiro atoms. The molecule has 0 unspecified atom stereocenters. The third kappa shape index (κ3) is 3.27. The van der Waals surface area contributed by atoms with Crippen LogP contribution in [0.4, 0.5) is 18.9 Å². The fourth-order valence-corrected chi connectivity index (χ4v) is 0.992. The van der Waals surface area contributed by atoms with Crippen molar-refractivity contribution in [2.45, 2.75) is 19.5 Å². The summed E-state index contributed by atoms with van der Waals surface area (Å²) < 4.78 is 36.5. The molecule has 0 aromatic heterocycles. The summed E-state index contributed by atoms with van der Waals surface area (Å²) >= 11 is 0. The quantitative estimate of drug-likeness (QED) is 0.812. The van der Waals surface area contributed by atoms with Crippen molar-refractivity contribution in [1.29, 1.82) is 0 Å². The predicted molar refractivity (Wildman–Crippen MR) is 52.5 cm³/mol. The molecule has 0 aliphatic rings. The second-order valence-corrected chi connectivity index (χ2v) is 2.98. The Bertz CT molecular complexity index is 348. The lowest BCUT2D eigenvalue weighted by atomic mass is 10.2. The maximum atomic E-state index is 12.2. The first kappa shape index (κ1) is 11.6. The van der Waals surface area contributed by atoms with Crippen LogP contribution in [0.25, 0.3) is 0 Å². The van der Waals surface area contributed by atoms with E-state index in [1.165, 1.54) is 12.1 Å². The van der Waals surface area contributed by atoms with E-state index < -0.39 is 11.7 Å². The molecule has 0 fully saturated rings. The first-order chi connectivity index (χ1) is 6.93. The molecule has 0 heterocycles. The van der Waals surface area contributed by atoms with E-state index in [4.69, 9.17) is 0 Å². The van der Waals surface area contributed by atoms with Crippen molar-refractivity contribution in [2.75, 3.05) is 5.32 Å². The second-order valence-electron chi connectivity index (χ2n) is 2.98. The van der Waals surface area contributed by atoms with E-state index in [-0.39, 0.29) is 7.33 Å². The number of benzene rings is 1. The van der Waals surface area contributed by atoms with Gasteiger partial charge in [0.05, 0.1) is 5.56 Å². The molecule has 0 radical (unpaired) electrons. The van der Waals surface area contributed by atoms with Crippen molar-refractivity contribution in [3.05, 3.63) is 29.8 Å². The van der Waals surface area contributed by atoms with Gasteiger partial charge in [-0.1, -0.05) is 6.92 Å². The Balaban J connectivity index is 0.00000225. The lowest BCUT2D eigenvalue weighted by Crippen LogP contribution is -2.10. The summed E-state index contributed by atoms with van der Waals surface area (Å²) in [4.78, 5) is 10.9. The highest BCUT2D eigenvalue weighted by atomic mass is 19.4. The van der Waals surface area contributed by atoms with E-state index in [1.807, 2.05) is 0 Å². The Morgan fingerprint density at radius 3 is 2.27 bits per heavy atom. The Labute approximate surface area is 86.6 Å². The van der Waals surface area contributed by atoms with Crippen LogP contribution < -0.4 is 5.32 Å². The lowest BCUT2D eigenvalue weighted by Gasteiger charge is -2.08. The number of carbonyl (C=O) groups is 1. The molecule has 0 aliphatic carbocycles. The van der Waals surface area contributed by atoms with Crippen LogP contribution in [-0.4, -0.2) is 5.91 Å². The van der Waals surface area contributed by atoms with Crippen molar-refractivity contribution >= 4 is 11.6 Å². The van der Waals surface area contributed by atoms with Crippen LogP contribution in [0.5, 0.6) is 0 Å². The van der Waals surface area contributed by atoms with Crippen LogP contribution in [0.3, 0.4) is 0 Å². The van der Waals surface area contributed by atoms with E-state index in [0.29, 0.717) is 12.1 Å². The number of rotatable bonds is 2. The Morgan fingerprint density at radius 2 is 1.87 bits per heavy atom. The maximum Gasteiger partial charge on any atom is 0.416 e. The molecule has 0 atom stereocenters. The number of nitrogens with one attached hydrogen (secondary N) is 1. The summed E-state index contributed by atoms with van der Waals surface area (Å²) in [5, 5.41) is 2.46. The fraction of sp³-hybridized carbons (Fsp3) is 0.300. The second kappa shape index (κ2) is 4.33. The number of alkyl halides is 3. The van der Waals surface area contributed by atoms with Crippen molar-refractivity contribution in [3.8, 4) is 0 Å². The zero-order valence-corrected chi connectivity index (χ0v) is 8.06. The molecule has 0 bridgehead atoms. The molecule has 15 heavy (non-hydrogen) atoms. The van der Waals surface area contributed by atoms with E-state index in [9.17, 15) is 18.0 Å². The fourth-order valence-electron chi connectivity index (χ4n) is 0.992. The van der Waals surface area contributed by atoms with Gasteiger partial charge in [-0.2, -0.15) is 13.2 Å². The molecule has 1 aromatic rings. The summed E-state index contributed by atoms with van der Waals surface area (Å²) in [5.41, 5.74) is -0.355. The van der Waals surface area contributed by atoms with Gasteiger partial charge < -0.3 is 5.32 Å². The maximum absolute atomic E-state index is 12.2. The van der Waals surface area contributed by atoms with Gasteiger partial charge in [-0.15, -0.1) is 0 Å². The number of halogens is 3. The minimum atomic E-state index is -4.34. The average Bonchev–Trinajstić information content (AvgIpc) is 2.17. The Kier molecular flexibility index (Phi) is 3.34. The zero-order valence-electron chi connectivity index (χ0n) is 8.06. The molecule has 1 rings (SSSR count). The van der Waals surface area contributed by atoms with Gasteiger partial charge in [0.25, 0.3) is 0 Å². The molecule has 0 saturated carbocycles. The highest BCUT2D eigenvalue weighted by Gasteiger charge is 2.29. The van der Waals surface area contributed by atoms with Gasteiger partial charge in [-0.3, -0.25) is 4.79 Å². The SMILES string of the molecule is CCC(=O)Nc1ccc(C(F)(F)F)cc1.[HH]. The first-order valence-corrected chi connectivity index (χ1v) is 4.40. The van der Waals surface area contributed by atoms with E-state index in [0.717, 1.165) is 12.1 Å². The summed E-state index contributed by atoms with van der Waals surface area (Å²) in [5.74, 6) is -0.227. The number of carbonyl (C=O) groups excluding carboxylic acids is 1. The van der Waals surface area contributed by atoms with E-state index in [2.05, 4.69) is 5.32 Å². The minimum Gasteiger partial charge on any atom is -0.326 e. The molecule has 5 heteroatoms. The van der Waals surface area contributed by atoms with Crippen molar-refractivity contribution in [1.82, 2.24) is 0 Å². The van der Waals surface area contributed by atoms with Crippen LogP contribution in [-0.2, 0) is 11.0 Å². The normalized spacial score (nSPS) is 11.2. The van der Waals surface area contributed by atoms with Crippen LogP contribution in [0.2, 0.25) is 0 Å². The number of amides is 1. The van der Waals surface area contributed by atoms with Gasteiger partial charge in [-0.05, 0) is 24.3 Å². The topological polar surface area (TPSA) is 29.1 Å². The smallest absolute Gasteiger partial charge is 0.326 e. The molecule has 0 saturated heterocycles. The van der Waals surface area contributed by atoms with Gasteiger partial charge in [-0.25, -0.2) is 0 Å². The molecule has 0 aliphatic heterocycles. The number of anilines is 1. The van der Waals surface area contributed by atoms with Crippen LogP contribution in [0.15, 0.2) is 24.3 Å².